The van der Waals surface area contributed by atoms with Gasteiger partial charge in [0, 0.05) is 30.9 Å². The molecule has 1 aliphatic rings. The Labute approximate surface area is 161 Å². The number of rotatable bonds is 6. The number of fused-ring (bicyclic) bond motifs is 1. The van der Waals surface area contributed by atoms with E-state index in [0.29, 0.717) is 25.5 Å². The standard InChI is InChI=1S/C19H23F3N4O2/c1-3-15-9-17(25-18(24-15)23-12(2)11-27)26-7-6-13-8-16(28-19(20,21)22)5-4-14(13)10-26/h4-5,8-9,12,27H,3,6-7,10-11H2,1-2H3,(H,23,24,25)/t12-/m1/s1. The highest BCUT2D eigenvalue weighted by Gasteiger charge is 2.31. The van der Waals surface area contributed by atoms with Gasteiger partial charge in [-0.1, -0.05) is 13.0 Å². The highest BCUT2D eigenvalue weighted by Crippen LogP contribution is 2.29. The third kappa shape index (κ3) is 5.03. The Bertz CT molecular complexity index is 829. The first kappa shape index (κ1) is 20.2. The number of nitrogens with zero attached hydrogens (tertiary/aromatic N) is 3. The molecule has 0 bridgehead atoms. The Morgan fingerprint density at radius 3 is 2.71 bits per heavy atom. The molecule has 1 aromatic carbocycles. The summed E-state index contributed by atoms with van der Waals surface area (Å²) in [6.07, 6.45) is -3.37. The van der Waals surface area contributed by atoms with E-state index < -0.39 is 6.36 Å². The lowest BCUT2D eigenvalue weighted by Crippen LogP contribution is -2.32. The average Bonchev–Trinajstić information content (AvgIpc) is 2.65. The van der Waals surface area contributed by atoms with Crippen molar-refractivity contribution in [2.75, 3.05) is 23.4 Å². The minimum absolute atomic E-state index is 0.0333. The normalized spacial score (nSPS) is 15.1. The van der Waals surface area contributed by atoms with Gasteiger partial charge in [0.2, 0.25) is 5.95 Å². The first-order chi connectivity index (χ1) is 13.3. The molecule has 0 radical (unpaired) electrons. The number of nitrogens with one attached hydrogen (secondary N) is 1. The molecule has 6 nitrogen and oxygen atoms in total. The molecular weight excluding hydrogens is 373 g/mol. The number of hydrogen-bond donors (Lipinski definition) is 2. The van der Waals surface area contributed by atoms with Crippen LogP contribution in [-0.2, 0) is 19.4 Å². The van der Waals surface area contributed by atoms with Gasteiger partial charge in [-0.2, -0.15) is 4.98 Å². The fourth-order valence-corrected chi connectivity index (χ4v) is 3.08. The number of aliphatic hydroxyl groups is 1. The van der Waals surface area contributed by atoms with Crippen LogP contribution in [0.3, 0.4) is 0 Å². The van der Waals surface area contributed by atoms with Crippen LogP contribution >= 0.6 is 0 Å². The number of aryl methyl sites for hydroxylation is 1. The summed E-state index contributed by atoms with van der Waals surface area (Å²) in [4.78, 5) is 11.1. The van der Waals surface area contributed by atoms with Crippen molar-refractivity contribution in [3.63, 3.8) is 0 Å². The van der Waals surface area contributed by atoms with E-state index in [1.807, 2.05) is 19.9 Å². The van der Waals surface area contributed by atoms with Crippen LogP contribution in [0, 0.1) is 0 Å². The van der Waals surface area contributed by atoms with Crippen molar-refractivity contribution in [1.29, 1.82) is 0 Å². The van der Waals surface area contributed by atoms with Crippen molar-refractivity contribution >= 4 is 11.8 Å². The smallest absolute Gasteiger partial charge is 0.406 e. The molecule has 3 rings (SSSR count). The van der Waals surface area contributed by atoms with Crippen molar-refractivity contribution in [3.05, 3.63) is 41.1 Å². The Morgan fingerprint density at radius 2 is 2.04 bits per heavy atom. The Morgan fingerprint density at radius 1 is 1.25 bits per heavy atom. The highest BCUT2D eigenvalue weighted by molar-refractivity contribution is 5.49. The third-order valence-corrected chi connectivity index (χ3v) is 4.52. The van der Waals surface area contributed by atoms with Crippen molar-refractivity contribution < 1.29 is 23.0 Å². The van der Waals surface area contributed by atoms with Crippen LogP contribution in [0.15, 0.2) is 24.3 Å². The van der Waals surface area contributed by atoms with Gasteiger partial charge in [0.1, 0.15) is 11.6 Å². The number of ether oxygens (including phenoxy) is 1. The number of benzene rings is 1. The zero-order valence-corrected chi connectivity index (χ0v) is 15.8. The van der Waals surface area contributed by atoms with E-state index in [9.17, 15) is 18.3 Å². The van der Waals surface area contributed by atoms with Crippen molar-refractivity contribution in [2.45, 2.75) is 45.6 Å². The van der Waals surface area contributed by atoms with Gasteiger partial charge in [-0.05, 0) is 43.0 Å². The van der Waals surface area contributed by atoms with Gasteiger partial charge < -0.3 is 20.1 Å². The monoisotopic (exact) mass is 396 g/mol. The average molecular weight is 396 g/mol. The second kappa shape index (κ2) is 8.22. The highest BCUT2D eigenvalue weighted by atomic mass is 19.4. The molecule has 2 heterocycles. The number of hydrogen-bond acceptors (Lipinski definition) is 6. The first-order valence-electron chi connectivity index (χ1n) is 9.15. The molecule has 0 unspecified atom stereocenters. The molecule has 0 fully saturated rings. The summed E-state index contributed by atoms with van der Waals surface area (Å²) < 4.78 is 41.3. The van der Waals surface area contributed by atoms with Crippen LogP contribution in [0.4, 0.5) is 24.9 Å². The van der Waals surface area contributed by atoms with E-state index in [2.05, 4.69) is 24.9 Å². The predicted molar refractivity (Wildman–Crippen MR) is 99.5 cm³/mol. The molecule has 1 atom stereocenters. The molecule has 2 N–H and O–H groups in total. The minimum atomic E-state index is -4.69. The van der Waals surface area contributed by atoms with Crippen molar-refractivity contribution in [3.8, 4) is 5.75 Å². The van der Waals surface area contributed by atoms with Crippen LogP contribution in [-0.4, -0.2) is 40.6 Å². The first-order valence-corrected chi connectivity index (χ1v) is 9.15. The maximum absolute atomic E-state index is 12.4. The van der Waals surface area contributed by atoms with E-state index in [4.69, 9.17) is 0 Å². The van der Waals surface area contributed by atoms with E-state index in [1.54, 1.807) is 6.07 Å². The lowest BCUT2D eigenvalue weighted by atomic mass is 9.99. The SMILES string of the molecule is CCc1cc(N2CCc3cc(OC(F)(F)F)ccc3C2)nc(N[C@H](C)CO)n1. The fourth-order valence-electron chi connectivity index (χ4n) is 3.08. The number of aromatic nitrogens is 2. The lowest BCUT2D eigenvalue weighted by Gasteiger charge is -2.30. The van der Waals surface area contributed by atoms with E-state index >= 15 is 0 Å². The molecule has 152 valence electrons. The molecule has 0 saturated heterocycles. The lowest BCUT2D eigenvalue weighted by molar-refractivity contribution is -0.274. The molecule has 28 heavy (non-hydrogen) atoms. The molecule has 9 heteroatoms. The molecule has 0 amide bonds. The molecule has 1 aliphatic heterocycles. The number of anilines is 2. The number of alkyl halides is 3. The summed E-state index contributed by atoms with van der Waals surface area (Å²) in [6.45, 7) is 4.96. The summed E-state index contributed by atoms with van der Waals surface area (Å²) in [5, 5.41) is 12.3. The van der Waals surface area contributed by atoms with E-state index in [0.717, 1.165) is 29.1 Å². The van der Waals surface area contributed by atoms with E-state index in [-0.39, 0.29) is 18.4 Å². The largest absolute Gasteiger partial charge is 0.573 e. The zero-order chi connectivity index (χ0) is 20.3. The van der Waals surface area contributed by atoms with Gasteiger partial charge in [-0.25, -0.2) is 4.98 Å². The molecule has 0 saturated carbocycles. The Hall–Kier alpha value is -2.55. The Kier molecular flexibility index (Phi) is 5.93. The minimum Gasteiger partial charge on any atom is -0.406 e. The van der Waals surface area contributed by atoms with Crippen LogP contribution in [0.1, 0.15) is 30.7 Å². The number of aliphatic hydroxyl groups excluding tert-OH is 1. The topological polar surface area (TPSA) is 70.5 Å². The third-order valence-electron chi connectivity index (χ3n) is 4.52. The molecular formula is C19H23F3N4O2. The van der Waals surface area contributed by atoms with Crippen molar-refractivity contribution in [2.24, 2.45) is 0 Å². The molecule has 0 aliphatic carbocycles. The van der Waals surface area contributed by atoms with Gasteiger partial charge in [-0.15, -0.1) is 13.2 Å². The van der Waals surface area contributed by atoms with Gasteiger partial charge in [0.05, 0.1) is 6.61 Å². The summed E-state index contributed by atoms with van der Waals surface area (Å²) in [7, 11) is 0. The summed E-state index contributed by atoms with van der Waals surface area (Å²) in [6, 6.07) is 6.20. The molecule has 1 aromatic heterocycles. The summed E-state index contributed by atoms with van der Waals surface area (Å²) in [5.41, 5.74) is 2.66. The van der Waals surface area contributed by atoms with E-state index in [1.165, 1.54) is 12.1 Å². The second-order valence-corrected chi connectivity index (χ2v) is 6.77. The molecule has 0 spiro atoms. The maximum atomic E-state index is 12.4. The summed E-state index contributed by atoms with van der Waals surface area (Å²) in [5.74, 6) is 1.01. The van der Waals surface area contributed by atoms with Gasteiger partial charge >= 0.3 is 6.36 Å². The van der Waals surface area contributed by atoms with Gasteiger partial charge in [-0.3, -0.25) is 0 Å². The number of halogens is 3. The fraction of sp³-hybridized carbons (Fsp3) is 0.474. The van der Waals surface area contributed by atoms with Gasteiger partial charge in [0.25, 0.3) is 0 Å². The summed E-state index contributed by atoms with van der Waals surface area (Å²) >= 11 is 0. The van der Waals surface area contributed by atoms with Crippen LogP contribution in [0.25, 0.3) is 0 Å². The van der Waals surface area contributed by atoms with Crippen LogP contribution in [0.2, 0.25) is 0 Å². The second-order valence-electron chi connectivity index (χ2n) is 6.77. The van der Waals surface area contributed by atoms with Crippen molar-refractivity contribution in [1.82, 2.24) is 9.97 Å². The maximum Gasteiger partial charge on any atom is 0.573 e. The quantitative estimate of drug-likeness (QED) is 0.781. The Balaban J connectivity index is 1.80. The van der Waals surface area contributed by atoms with Crippen LogP contribution < -0.4 is 15.0 Å². The van der Waals surface area contributed by atoms with Gasteiger partial charge in [0.15, 0.2) is 0 Å². The molecule has 2 aromatic rings. The zero-order valence-electron chi connectivity index (χ0n) is 15.8. The van der Waals surface area contributed by atoms with Crippen LogP contribution in [0.5, 0.6) is 5.75 Å². The predicted octanol–water partition coefficient (Wildman–Crippen LogP) is 3.29.